The van der Waals surface area contributed by atoms with Gasteiger partial charge in [-0.2, -0.15) is 4.98 Å². The molecule has 0 N–H and O–H groups in total. The molecule has 1 atom stereocenters. The van der Waals surface area contributed by atoms with Crippen molar-refractivity contribution in [2.24, 2.45) is 10.8 Å². The van der Waals surface area contributed by atoms with Crippen LogP contribution in [0.5, 0.6) is 5.88 Å². The van der Waals surface area contributed by atoms with Crippen LogP contribution >= 0.6 is 0 Å². The maximum atomic E-state index is 14.0. The number of hydrogen-bond donors (Lipinski definition) is 0. The Balaban J connectivity index is 1.96. The van der Waals surface area contributed by atoms with Crippen molar-refractivity contribution in [1.82, 2.24) is 14.9 Å². The molecule has 1 heterocycles. The number of carbonyl (C=O) groups excluding carboxylic acids is 1. The smallest absolute Gasteiger partial charge is 0.254 e. The Kier molecular flexibility index (Phi) is 9.58. The Labute approximate surface area is 236 Å². The summed E-state index contributed by atoms with van der Waals surface area (Å²) >= 11 is 0. The van der Waals surface area contributed by atoms with Crippen LogP contribution in [0.15, 0.2) is 48.5 Å². The molecule has 5 heteroatoms. The molecule has 0 fully saturated rings. The molecule has 0 saturated heterocycles. The van der Waals surface area contributed by atoms with E-state index in [0.29, 0.717) is 24.9 Å². The summed E-state index contributed by atoms with van der Waals surface area (Å²) in [6.07, 6.45) is 1.71. The Bertz CT molecular complexity index is 1260. The van der Waals surface area contributed by atoms with E-state index in [0.717, 1.165) is 35.2 Å². The van der Waals surface area contributed by atoms with Crippen LogP contribution in [-0.2, 0) is 0 Å². The lowest BCUT2D eigenvalue weighted by Gasteiger charge is -2.37. The molecule has 2 aromatic carbocycles. The lowest BCUT2D eigenvalue weighted by atomic mass is 9.86. The number of hydrogen-bond acceptors (Lipinski definition) is 4. The van der Waals surface area contributed by atoms with Crippen LogP contribution in [0.4, 0.5) is 0 Å². The van der Waals surface area contributed by atoms with E-state index in [1.54, 1.807) is 0 Å². The highest BCUT2D eigenvalue weighted by atomic mass is 16.5. The van der Waals surface area contributed by atoms with Crippen molar-refractivity contribution in [3.05, 3.63) is 76.6 Å². The van der Waals surface area contributed by atoms with Crippen LogP contribution < -0.4 is 4.74 Å². The SMILES string of the molecule is Cc1cccc(C(=O)N(CCC(C)(C)C)[C@@H](COc2cc(-c3c(C)cccc3C)nc(C)n2)CC(C)(C)C)c1. The number of aromatic nitrogens is 2. The Hall–Kier alpha value is -3.21. The Morgan fingerprint density at radius 1 is 0.872 bits per heavy atom. The minimum atomic E-state index is -0.112. The van der Waals surface area contributed by atoms with Gasteiger partial charge in [-0.1, -0.05) is 77.4 Å². The van der Waals surface area contributed by atoms with Crippen LogP contribution in [0.1, 0.15) is 87.3 Å². The second-order valence-corrected chi connectivity index (χ2v) is 13.3. The van der Waals surface area contributed by atoms with Crippen molar-refractivity contribution >= 4 is 5.91 Å². The molecule has 5 nitrogen and oxygen atoms in total. The molecule has 0 radical (unpaired) electrons. The number of nitrogens with zero attached hydrogens (tertiary/aromatic N) is 3. The summed E-state index contributed by atoms with van der Waals surface area (Å²) in [5, 5.41) is 0. The quantitative estimate of drug-likeness (QED) is 0.281. The maximum absolute atomic E-state index is 14.0. The standard InChI is InChI=1S/C34H47N3O2/c1-23-13-11-16-27(19-23)32(38)37(18-17-33(5,6)7)28(21-34(8,9)10)22-39-30-20-29(35-26(4)36-30)31-24(2)14-12-15-25(31)3/h11-16,19-20,28H,17-18,21-22H2,1-10H3/t28-/m1/s1. The molecular weight excluding hydrogens is 482 g/mol. The first-order chi connectivity index (χ1) is 18.1. The highest BCUT2D eigenvalue weighted by Gasteiger charge is 2.30. The summed E-state index contributed by atoms with van der Waals surface area (Å²) in [4.78, 5) is 25.3. The molecule has 0 saturated carbocycles. The predicted octanol–water partition coefficient (Wildman–Crippen LogP) is 8.14. The number of aryl methyl sites for hydroxylation is 4. The fraction of sp³-hybridized carbons (Fsp3) is 0.500. The van der Waals surface area contributed by atoms with E-state index >= 15 is 0 Å². The zero-order chi connectivity index (χ0) is 29.0. The summed E-state index contributed by atoms with van der Waals surface area (Å²) in [5.74, 6) is 1.26. The van der Waals surface area contributed by atoms with Gasteiger partial charge < -0.3 is 9.64 Å². The third kappa shape index (κ3) is 8.91. The predicted molar refractivity (Wildman–Crippen MR) is 161 cm³/mol. The molecule has 0 spiro atoms. The number of benzene rings is 2. The maximum Gasteiger partial charge on any atom is 0.254 e. The van der Waals surface area contributed by atoms with Crippen molar-refractivity contribution in [2.75, 3.05) is 13.2 Å². The first-order valence-corrected chi connectivity index (χ1v) is 14.1. The number of amides is 1. The summed E-state index contributed by atoms with van der Waals surface area (Å²) in [7, 11) is 0. The summed E-state index contributed by atoms with van der Waals surface area (Å²) in [6.45, 7) is 22.5. The van der Waals surface area contributed by atoms with Crippen LogP contribution in [-0.4, -0.2) is 40.0 Å². The van der Waals surface area contributed by atoms with Gasteiger partial charge in [0, 0.05) is 23.7 Å². The Morgan fingerprint density at radius 2 is 1.51 bits per heavy atom. The lowest BCUT2D eigenvalue weighted by Crippen LogP contribution is -2.46. The zero-order valence-electron chi connectivity index (χ0n) is 25.7. The summed E-state index contributed by atoms with van der Waals surface area (Å²) in [5.41, 5.74) is 6.22. The molecule has 0 aliphatic heterocycles. The normalized spacial score (nSPS) is 12.8. The van der Waals surface area contributed by atoms with Crippen molar-refractivity contribution in [2.45, 2.75) is 88.1 Å². The van der Waals surface area contributed by atoms with Crippen molar-refractivity contribution < 1.29 is 9.53 Å². The van der Waals surface area contributed by atoms with Gasteiger partial charge in [0.2, 0.25) is 5.88 Å². The molecule has 0 bridgehead atoms. The van der Waals surface area contributed by atoms with Gasteiger partial charge in [-0.15, -0.1) is 0 Å². The fourth-order valence-electron chi connectivity index (χ4n) is 4.96. The van der Waals surface area contributed by atoms with Gasteiger partial charge >= 0.3 is 0 Å². The molecular formula is C34H47N3O2. The largest absolute Gasteiger partial charge is 0.475 e. The van der Waals surface area contributed by atoms with E-state index in [-0.39, 0.29) is 22.8 Å². The second kappa shape index (κ2) is 12.3. The Morgan fingerprint density at radius 3 is 2.10 bits per heavy atom. The minimum absolute atomic E-state index is 0.00586. The first kappa shape index (κ1) is 30.3. The highest BCUT2D eigenvalue weighted by molar-refractivity contribution is 5.94. The third-order valence-electron chi connectivity index (χ3n) is 6.89. The van der Waals surface area contributed by atoms with Gasteiger partial charge in [-0.25, -0.2) is 4.98 Å². The van der Waals surface area contributed by atoms with E-state index in [4.69, 9.17) is 9.72 Å². The zero-order valence-corrected chi connectivity index (χ0v) is 25.7. The van der Waals surface area contributed by atoms with E-state index < -0.39 is 0 Å². The van der Waals surface area contributed by atoms with Gasteiger partial charge in [-0.05, 0) is 74.6 Å². The van der Waals surface area contributed by atoms with Gasteiger partial charge in [-0.3, -0.25) is 4.79 Å². The summed E-state index contributed by atoms with van der Waals surface area (Å²) in [6, 6.07) is 16.0. The van der Waals surface area contributed by atoms with Crippen LogP contribution in [0.25, 0.3) is 11.3 Å². The minimum Gasteiger partial charge on any atom is -0.475 e. The molecule has 39 heavy (non-hydrogen) atoms. The summed E-state index contributed by atoms with van der Waals surface area (Å²) < 4.78 is 6.41. The average Bonchev–Trinajstić information content (AvgIpc) is 2.80. The molecule has 3 rings (SSSR count). The fourth-order valence-corrected chi connectivity index (χ4v) is 4.96. The molecule has 3 aromatic rings. The van der Waals surface area contributed by atoms with Crippen LogP contribution in [0, 0.1) is 38.5 Å². The third-order valence-corrected chi connectivity index (χ3v) is 6.89. The van der Waals surface area contributed by atoms with E-state index in [1.165, 1.54) is 11.1 Å². The van der Waals surface area contributed by atoms with Gasteiger partial charge in [0.25, 0.3) is 5.91 Å². The second-order valence-electron chi connectivity index (χ2n) is 13.3. The van der Waals surface area contributed by atoms with Gasteiger partial charge in [0.1, 0.15) is 12.4 Å². The first-order valence-electron chi connectivity index (χ1n) is 14.1. The number of rotatable bonds is 9. The average molecular weight is 530 g/mol. The van der Waals surface area contributed by atoms with E-state index in [1.807, 2.05) is 49.1 Å². The lowest BCUT2D eigenvalue weighted by molar-refractivity contribution is 0.0506. The molecule has 1 amide bonds. The van der Waals surface area contributed by atoms with Crippen molar-refractivity contribution in [3.63, 3.8) is 0 Å². The highest BCUT2D eigenvalue weighted by Crippen LogP contribution is 2.30. The van der Waals surface area contributed by atoms with Crippen LogP contribution in [0.2, 0.25) is 0 Å². The van der Waals surface area contributed by atoms with E-state index in [9.17, 15) is 4.79 Å². The molecule has 0 unspecified atom stereocenters. The van der Waals surface area contributed by atoms with E-state index in [2.05, 4.69) is 78.6 Å². The molecule has 0 aliphatic rings. The molecule has 210 valence electrons. The molecule has 0 aliphatic carbocycles. The van der Waals surface area contributed by atoms with Gasteiger partial charge in [0.05, 0.1) is 11.7 Å². The number of carbonyl (C=O) groups is 1. The molecule has 1 aromatic heterocycles. The monoisotopic (exact) mass is 529 g/mol. The van der Waals surface area contributed by atoms with Gasteiger partial charge in [0.15, 0.2) is 0 Å². The van der Waals surface area contributed by atoms with Crippen molar-refractivity contribution in [3.8, 4) is 17.1 Å². The van der Waals surface area contributed by atoms with Crippen molar-refractivity contribution in [1.29, 1.82) is 0 Å². The topological polar surface area (TPSA) is 55.3 Å². The van der Waals surface area contributed by atoms with Crippen LogP contribution in [0.3, 0.4) is 0 Å². The number of ether oxygens (including phenoxy) is 1.